The number of aryl methyl sites for hydroxylation is 1. The van der Waals surface area contributed by atoms with Crippen molar-refractivity contribution in [2.24, 2.45) is 5.41 Å². The van der Waals surface area contributed by atoms with E-state index in [9.17, 15) is 9.59 Å². The number of carbonyl (C=O) groups excluding carboxylic acids is 2. The number of nitrogens with one attached hydrogen (secondary N) is 1. The molecule has 0 bridgehead atoms. The lowest BCUT2D eigenvalue weighted by Crippen LogP contribution is -2.46. The molecule has 1 aliphatic heterocycles. The van der Waals surface area contributed by atoms with Crippen LogP contribution in [-0.2, 0) is 16.1 Å². The van der Waals surface area contributed by atoms with E-state index in [1.165, 1.54) is 5.56 Å². The number of amides is 2. The van der Waals surface area contributed by atoms with Crippen LogP contribution in [0.5, 0.6) is 0 Å². The van der Waals surface area contributed by atoms with Crippen molar-refractivity contribution in [1.82, 2.24) is 10.2 Å². The smallest absolute Gasteiger partial charge is 0.243 e. The maximum atomic E-state index is 12.5. The lowest BCUT2D eigenvalue weighted by Gasteiger charge is -2.27. The zero-order valence-corrected chi connectivity index (χ0v) is 14.7. The number of hydrogen-bond donors (Lipinski definition) is 1. The predicted octanol–water partition coefficient (Wildman–Crippen LogP) is 3.04. The minimum atomic E-state index is -0.311. The number of rotatable bonds is 4. The maximum Gasteiger partial charge on any atom is 0.243 e. The summed E-state index contributed by atoms with van der Waals surface area (Å²) in [4.78, 5) is 26.7. The molecule has 1 aromatic rings. The molecule has 2 rings (SSSR count). The van der Waals surface area contributed by atoms with E-state index in [2.05, 4.69) is 5.32 Å². The van der Waals surface area contributed by atoms with Gasteiger partial charge in [0, 0.05) is 19.5 Å². The number of benzene rings is 1. The Morgan fingerprint density at radius 2 is 1.96 bits per heavy atom. The molecule has 1 unspecified atom stereocenters. The summed E-state index contributed by atoms with van der Waals surface area (Å²) >= 11 is 0. The molecule has 1 fully saturated rings. The van der Waals surface area contributed by atoms with E-state index in [1.54, 1.807) is 4.90 Å². The topological polar surface area (TPSA) is 49.4 Å². The van der Waals surface area contributed by atoms with E-state index in [0.717, 1.165) is 18.4 Å². The van der Waals surface area contributed by atoms with Gasteiger partial charge >= 0.3 is 0 Å². The third kappa shape index (κ3) is 4.81. The predicted molar refractivity (Wildman–Crippen MR) is 91.8 cm³/mol. The van der Waals surface area contributed by atoms with Crippen LogP contribution in [0, 0.1) is 12.3 Å². The highest BCUT2D eigenvalue weighted by Crippen LogP contribution is 2.25. The Labute approximate surface area is 139 Å². The molecular formula is C19H28N2O2. The zero-order valence-electron chi connectivity index (χ0n) is 14.7. The second-order valence-electron chi connectivity index (χ2n) is 7.63. The standard InChI is InChI=1S/C19H28N2O2/c1-14-8-5-6-9-15(14)13-20-18(23)16-10-7-11-21(16)17(22)12-19(2,3)4/h5-6,8-9,16H,7,10-13H2,1-4H3,(H,20,23). The van der Waals surface area contributed by atoms with Crippen LogP contribution in [0.1, 0.15) is 51.2 Å². The maximum absolute atomic E-state index is 12.5. The van der Waals surface area contributed by atoms with Crippen molar-refractivity contribution >= 4 is 11.8 Å². The summed E-state index contributed by atoms with van der Waals surface area (Å²) in [6.45, 7) is 9.40. The van der Waals surface area contributed by atoms with Gasteiger partial charge in [-0.05, 0) is 36.3 Å². The molecule has 0 aromatic heterocycles. The summed E-state index contributed by atoms with van der Waals surface area (Å²) < 4.78 is 0. The molecule has 1 saturated heterocycles. The Morgan fingerprint density at radius 3 is 2.61 bits per heavy atom. The van der Waals surface area contributed by atoms with E-state index in [0.29, 0.717) is 19.5 Å². The molecule has 126 valence electrons. The molecule has 4 heteroatoms. The molecule has 1 aliphatic rings. The summed E-state index contributed by atoms with van der Waals surface area (Å²) in [5.41, 5.74) is 2.23. The Balaban J connectivity index is 1.95. The molecule has 1 heterocycles. The normalized spacial score (nSPS) is 18.1. The zero-order chi connectivity index (χ0) is 17.0. The molecule has 1 aromatic carbocycles. The van der Waals surface area contributed by atoms with Crippen LogP contribution in [0.15, 0.2) is 24.3 Å². The minimum Gasteiger partial charge on any atom is -0.350 e. The SMILES string of the molecule is Cc1ccccc1CNC(=O)C1CCCN1C(=O)CC(C)(C)C. The lowest BCUT2D eigenvalue weighted by molar-refractivity contribution is -0.139. The Bertz CT molecular complexity index is 575. The van der Waals surface area contributed by atoms with Crippen molar-refractivity contribution in [2.75, 3.05) is 6.54 Å². The summed E-state index contributed by atoms with van der Waals surface area (Å²) in [6, 6.07) is 7.71. The van der Waals surface area contributed by atoms with Gasteiger partial charge in [0.2, 0.25) is 11.8 Å². The van der Waals surface area contributed by atoms with Gasteiger partial charge in [-0.15, -0.1) is 0 Å². The quantitative estimate of drug-likeness (QED) is 0.928. The van der Waals surface area contributed by atoms with Gasteiger partial charge in [0.25, 0.3) is 0 Å². The molecule has 0 saturated carbocycles. The van der Waals surface area contributed by atoms with Gasteiger partial charge in [0.1, 0.15) is 6.04 Å². The average molecular weight is 316 g/mol. The molecule has 0 radical (unpaired) electrons. The summed E-state index contributed by atoms with van der Waals surface area (Å²) in [5.74, 6) is 0.0547. The van der Waals surface area contributed by atoms with E-state index in [4.69, 9.17) is 0 Å². The summed E-state index contributed by atoms with van der Waals surface area (Å²) in [5, 5.41) is 3.00. The number of hydrogen-bond acceptors (Lipinski definition) is 2. The van der Waals surface area contributed by atoms with Crippen molar-refractivity contribution < 1.29 is 9.59 Å². The first-order chi connectivity index (χ1) is 10.8. The van der Waals surface area contributed by atoms with Crippen molar-refractivity contribution in [3.8, 4) is 0 Å². The molecule has 0 spiro atoms. The van der Waals surface area contributed by atoms with Gasteiger partial charge in [0.15, 0.2) is 0 Å². The lowest BCUT2D eigenvalue weighted by atomic mass is 9.91. The first kappa shape index (κ1) is 17.5. The van der Waals surface area contributed by atoms with Gasteiger partial charge in [-0.25, -0.2) is 0 Å². The monoisotopic (exact) mass is 316 g/mol. The second kappa shape index (κ2) is 7.16. The molecule has 4 nitrogen and oxygen atoms in total. The van der Waals surface area contributed by atoms with Gasteiger partial charge in [-0.2, -0.15) is 0 Å². The molecular weight excluding hydrogens is 288 g/mol. The van der Waals surface area contributed by atoms with Crippen LogP contribution in [0.25, 0.3) is 0 Å². The Morgan fingerprint density at radius 1 is 1.26 bits per heavy atom. The van der Waals surface area contributed by atoms with Crippen LogP contribution in [-0.4, -0.2) is 29.3 Å². The fourth-order valence-electron chi connectivity index (χ4n) is 3.00. The van der Waals surface area contributed by atoms with Crippen LogP contribution in [0.4, 0.5) is 0 Å². The highest BCUT2D eigenvalue weighted by Gasteiger charge is 2.35. The third-order valence-corrected chi connectivity index (χ3v) is 4.27. The number of nitrogens with zero attached hydrogens (tertiary/aromatic N) is 1. The van der Waals surface area contributed by atoms with E-state index >= 15 is 0 Å². The van der Waals surface area contributed by atoms with Crippen LogP contribution < -0.4 is 5.32 Å². The highest BCUT2D eigenvalue weighted by atomic mass is 16.2. The van der Waals surface area contributed by atoms with Gasteiger partial charge < -0.3 is 10.2 Å². The van der Waals surface area contributed by atoms with E-state index < -0.39 is 0 Å². The summed E-state index contributed by atoms with van der Waals surface area (Å²) in [7, 11) is 0. The largest absolute Gasteiger partial charge is 0.350 e. The number of likely N-dealkylation sites (tertiary alicyclic amines) is 1. The van der Waals surface area contributed by atoms with E-state index in [-0.39, 0.29) is 23.3 Å². The fourth-order valence-corrected chi connectivity index (χ4v) is 3.00. The average Bonchev–Trinajstić information content (AvgIpc) is 2.94. The Hall–Kier alpha value is -1.84. The third-order valence-electron chi connectivity index (χ3n) is 4.27. The van der Waals surface area contributed by atoms with Gasteiger partial charge in [-0.1, -0.05) is 45.0 Å². The van der Waals surface area contributed by atoms with E-state index in [1.807, 2.05) is 52.0 Å². The number of carbonyl (C=O) groups is 2. The van der Waals surface area contributed by atoms with Crippen molar-refractivity contribution in [3.63, 3.8) is 0 Å². The van der Waals surface area contributed by atoms with Crippen molar-refractivity contribution in [2.45, 2.75) is 59.5 Å². The molecule has 0 aliphatic carbocycles. The van der Waals surface area contributed by atoms with Crippen molar-refractivity contribution in [3.05, 3.63) is 35.4 Å². The van der Waals surface area contributed by atoms with Crippen LogP contribution >= 0.6 is 0 Å². The molecule has 1 atom stereocenters. The van der Waals surface area contributed by atoms with Gasteiger partial charge in [0.05, 0.1) is 0 Å². The highest BCUT2D eigenvalue weighted by molar-refractivity contribution is 5.88. The van der Waals surface area contributed by atoms with Crippen molar-refractivity contribution in [1.29, 1.82) is 0 Å². The molecule has 1 N–H and O–H groups in total. The minimum absolute atomic E-state index is 0.0342. The van der Waals surface area contributed by atoms with Gasteiger partial charge in [-0.3, -0.25) is 9.59 Å². The molecule has 2 amide bonds. The summed E-state index contributed by atoms with van der Waals surface area (Å²) in [6.07, 6.45) is 2.14. The first-order valence-corrected chi connectivity index (χ1v) is 8.39. The molecule has 23 heavy (non-hydrogen) atoms. The second-order valence-corrected chi connectivity index (χ2v) is 7.63. The first-order valence-electron chi connectivity index (χ1n) is 8.39. The Kier molecular flexibility index (Phi) is 5.45. The van der Waals surface area contributed by atoms with Crippen LogP contribution in [0.2, 0.25) is 0 Å². The van der Waals surface area contributed by atoms with Crippen LogP contribution in [0.3, 0.4) is 0 Å². The fraction of sp³-hybridized carbons (Fsp3) is 0.579.